The van der Waals surface area contributed by atoms with Gasteiger partial charge in [0.2, 0.25) is 0 Å². The van der Waals surface area contributed by atoms with E-state index in [0.29, 0.717) is 32.7 Å². The van der Waals surface area contributed by atoms with Crippen LogP contribution in [0.5, 0.6) is 0 Å². The Balaban J connectivity index is 1.85. The molecule has 9 heteroatoms. The number of hydrogen-bond donors (Lipinski definition) is 3. The smallest absolute Gasteiger partial charge is 0.326 e. The van der Waals surface area contributed by atoms with Crippen LogP contribution in [0.2, 0.25) is 0 Å². The molecule has 1 atom stereocenters. The van der Waals surface area contributed by atoms with Crippen molar-refractivity contribution >= 4 is 17.8 Å². The van der Waals surface area contributed by atoms with Crippen LogP contribution in [0.3, 0.4) is 0 Å². The van der Waals surface area contributed by atoms with Crippen molar-refractivity contribution < 1.29 is 19.4 Å². The van der Waals surface area contributed by atoms with E-state index in [4.69, 9.17) is 9.72 Å². The van der Waals surface area contributed by atoms with E-state index in [-0.39, 0.29) is 12.1 Å². The first-order valence-electron chi connectivity index (χ1n) is 13.2. The van der Waals surface area contributed by atoms with Crippen LogP contribution in [-0.4, -0.2) is 89.9 Å². The Labute approximate surface area is 210 Å². The van der Waals surface area contributed by atoms with Crippen molar-refractivity contribution in [3.05, 3.63) is 23.4 Å². The molecule has 1 aliphatic heterocycles. The highest BCUT2D eigenvalue weighted by atomic mass is 16.5. The molecule has 0 saturated carbocycles. The number of pyridine rings is 1. The first-order valence-corrected chi connectivity index (χ1v) is 13.2. The molecule has 1 aliphatic rings. The molecule has 0 unspecified atom stereocenters. The zero-order chi connectivity index (χ0) is 25.6. The van der Waals surface area contributed by atoms with E-state index in [1.807, 2.05) is 27.7 Å². The molecule has 0 aliphatic carbocycles. The molecule has 0 spiro atoms. The maximum absolute atomic E-state index is 12.5. The lowest BCUT2D eigenvalue weighted by Crippen LogP contribution is -2.51. The van der Waals surface area contributed by atoms with E-state index < -0.39 is 12.0 Å². The summed E-state index contributed by atoms with van der Waals surface area (Å²) in [4.78, 5) is 33.0. The third-order valence-electron chi connectivity index (χ3n) is 6.42. The maximum Gasteiger partial charge on any atom is 0.326 e. The Kier molecular flexibility index (Phi) is 12.8. The molecular weight excluding hydrogens is 446 g/mol. The largest absolute Gasteiger partial charge is 0.480 e. The number of amides is 2. The number of carbonyl (C=O) groups is 2. The summed E-state index contributed by atoms with van der Waals surface area (Å²) in [6.07, 6.45) is 5.52. The highest BCUT2D eigenvalue weighted by Crippen LogP contribution is 2.20. The predicted molar refractivity (Wildman–Crippen MR) is 139 cm³/mol. The van der Waals surface area contributed by atoms with Gasteiger partial charge in [-0.15, -0.1) is 0 Å². The van der Waals surface area contributed by atoms with Gasteiger partial charge in [-0.2, -0.15) is 0 Å². The number of nitrogens with zero attached hydrogens (tertiary/aromatic N) is 3. The van der Waals surface area contributed by atoms with Crippen molar-refractivity contribution in [1.82, 2.24) is 20.1 Å². The van der Waals surface area contributed by atoms with E-state index >= 15 is 0 Å². The van der Waals surface area contributed by atoms with Crippen molar-refractivity contribution in [2.24, 2.45) is 0 Å². The summed E-state index contributed by atoms with van der Waals surface area (Å²) < 4.78 is 5.53. The number of urea groups is 1. The molecular formula is C26H45N5O4. The highest BCUT2D eigenvalue weighted by Gasteiger charge is 2.24. The van der Waals surface area contributed by atoms with Crippen LogP contribution < -0.4 is 10.6 Å². The molecule has 1 aromatic rings. The van der Waals surface area contributed by atoms with Crippen LogP contribution in [0, 0.1) is 0 Å². The standard InChI is InChI=1S/C26H45N5O4/c1-5-31(20(3)4)26(34)29-23(25(32)33)14-17-30(18-19-35-6-2)16-8-7-11-22-13-12-21-10-9-15-27-24(21)28-22/h12-13,20,23H,5-11,14-19H2,1-4H3,(H,27,28)(H,29,34)(H,32,33)/t23-/m0/s1. The second-order valence-electron chi connectivity index (χ2n) is 9.35. The average molecular weight is 492 g/mol. The van der Waals surface area contributed by atoms with Gasteiger partial charge in [-0.05, 0) is 84.4 Å². The monoisotopic (exact) mass is 491 g/mol. The van der Waals surface area contributed by atoms with Crippen molar-refractivity contribution in [2.45, 2.75) is 78.3 Å². The van der Waals surface area contributed by atoms with E-state index in [2.05, 4.69) is 27.7 Å². The number of aromatic nitrogens is 1. The lowest BCUT2D eigenvalue weighted by Gasteiger charge is -2.28. The fourth-order valence-corrected chi connectivity index (χ4v) is 4.37. The highest BCUT2D eigenvalue weighted by molar-refractivity contribution is 5.82. The third kappa shape index (κ3) is 10.0. The van der Waals surface area contributed by atoms with Gasteiger partial charge in [0.1, 0.15) is 11.9 Å². The van der Waals surface area contributed by atoms with Crippen LogP contribution in [0.15, 0.2) is 12.1 Å². The second kappa shape index (κ2) is 15.6. The van der Waals surface area contributed by atoms with E-state index in [1.165, 1.54) is 5.56 Å². The summed E-state index contributed by atoms with van der Waals surface area (Å²) in [7, 11) is 0. The van der Waals surface area contributed by atoms with Gasteiger partial charge in [-0.25, -0.2) is 14.6 Å². The number of rotatable bonds is 16. The van der Waals surface area contributed by atoms with Crippen LogP contribution >= 0.6 is 0 Å². The summed E-state index contributed by atoms with van der Waals surface area (Å²) in [5.41, 5.74) is 2.41. The molecule has 0 bridgehead atoms. The van der Waals surface area contributed by atoms with Crippen molar-refractivity contribution in [1.29, 1.82) is 0 Å². The fraction of sp³-hybridized carbons (Fsp3) is 0.731. The van der Waals surface area contributed by atoms with Crippen molar-refractivity contribution in [2.75, 3.05) is 51.3 Å². The van der Waals surface area contributed by atoms with E-state index in [9.17, 15) is 14.7 Å². The molecule has 0 radical (unpaired) electrons. The first-order chi connectivity index (χ1) is 16.8. The SMILES string of the molecule is CCOCCN(CCCCc1ccc2c(n1)NCCC2)CC[C@H](NC(=O)N(CC)C(C)C)C(=O)O. The number of carbonyl (C=O) groups excluding carboxylic acids is 1. The summed E-state index contributed by atoms with van der Waals surface area (Å²) in [5, 5.41) is 15.8. The Morgan fingerprint density at radius 3 is 2.69 bits per heavy atom. The third-order valence-corrected chi connectivity index (χ3v) is 6.42. The second-order valence-corrected chi connectivity index (χ2v) is 9.35. The fourth-order valence-electron chi connectivity index (χ4n) is 4.37. The molecule has 1 aromatic heterocycles. The molecule has 2 amide bonds. The Bertz CT molecular complexity index is 789. The minimum Gasteiger partial charge on any atom is -0.480 e. The molecule has 3 N–H and O–H groups in total. The van der Waals surface area contributed by atoms with Gasteiger partial charge in [0, 0.05) is 44.5 Å². The number of aliphatic carboxylic acids is 1. The Morgan fingerprint density at radius 1 is 1.20 bits per heavy atom. The number of unbranched alkanes of at least 4 members (excludes halogenated alkanes) is 1. The van der Waals surface area contributed by atoms with Crippen molar-refractivity contribution in [3.63, 3.8) is 0 Å². The number of fused-ring (bicyclic) bond motifs is 1. The Morgan fingerprint density at radius 2 is 2.00 bits per heavy atom. The van der Waals surface area contributed by atoms with Crippen LogP contribution in [0.4, 0.5) is 10.6 Å². The minimum absolute atomic E-state index is 0.0116. The molecule has 198 valence electrons. The molecule has 9 nitrogen and oxygen atoms in total. The van der Waals surface area contributed by atoms with E-state index in [1.54, 1.807) is 4.90 Å². The van der Waals surface area contributed by atoms with Gasteiger partial charge in [-0.1, -0.05) is 6.07 Å². The zero-order valence-corrected chi connectivity index (χ0v) is 22.0. The Hall–Kier alpha value is -2.39. The average Bonchev–Trinajstić information content (AvgIpc) is 2.83. The first kappa shape index (κ1) is 28.8. The van der Waals surface area contributed by atoms with Gasteiger partial charge in [0.25, 0.3) is 0 Å². The van der Waals surface area contributed by atoms with Gasteiger partial charge < -0.3 is 30.3 Å². The molecule has 2 heterocycles. The number of ether oxygens (including phenoxy) is 1. The lowest BCUT2D eigenvalue weighted by molar-refractivity contribution is -0.139. The molecule has 0 fully saturated rings. The number of hydrogen-bond acceptors (Lipinski definition) is 6. The number of carboxylic acids is 1. The minimum atomic E-state index is -1.00. The van der Waals surface area contributed by atoms with Gasteiger partial charge in [0.15, 0.2) is 0 Å². The maximum atomic E-state index is 12.5. The quantitative estimate of drug-likeness (QED) is 0.304. The number of carboxylic acid groups (broad SMARTS) is 1. The van der Waals surface area contributed by atoms with Crippen LogP contribution in [0.1, 0.15) is 64.6 Å². The normalized spacial score (nSPS) is 13.9. The zero-order valence-electron chi connectivity index (χ0n) is 22.0. The summed E-state index contributed by atoms with van der Waals surface area (Å²) >= 11 is 0. The van der Waals surface area contributed by atoms with Gasteiger partial charge in [0.05, 0.1) is 6.61 Å². The summed E-state index contributed by atoms with van der Waals surface area (Å²) in [5.74, 6) is 0.0305. The molecule has 35 heavy (non-hydrogen) atoms. The predicted octanol–water partition coefficient (Wildman–Crippen LogP) is 3.38. The topological polar surface area (TPSA) is 107 Å². The number of nitrogens with one attached hydrogen (secondary N) is 2. The summed E-state index contributed by atoms with van der Waals surface area (Å²) in [6.45, 7) is 12.7. The number of anilines is 1. The number of aryl methyl sites for hydroxylation is 2. The van der Waals surface area contributed by atoms with Crippen molar-refractivity contribution in [3.8, 4) is 0 Å². The molecule has 0 aromatic carbocycles. The molecule has 2 rings (SSSR count). The molecule has 0 saturated heterocycles. The van der Waals surface area contributed by atoms with Crippen LogP contribution in [-0.2, 0) is 22.4 Å². The lowest BCUT2D eigenvalue weighted by atomic mass is 10.1. The van der Waals surface area contributed by atoms with Gasteiger partial charge >= 0.3 is 12.0 Å². The van der Waals surface area contributed by atoms with Crippen LogP contribution in [0.25, 0.3) is 0 Å². The van der Waals surface area contributed by atoms with Gasteiger partial charge in [-0.3, -0.25) is 0 Å². The summed E-state index contributed by atoms with van der Waals surface area (Å²) in [6, 6.07) is 3.09. The van der Waals surface area contributed by atoms with E-state index in [0.717, 1.165) is 63.3 Å².